The van der Waals surface area contributed by atoms with Crippen molar-refractivity contribution in [2.45, 2.75) is 13.8 Å². The quantitative estimate of drug-likeness (QED) is 0.706. The predicted molar refractivity (Wildman–Crippen MR) is 93.0 cm³/mol. The van der Waals surface area contributed by atoms with E-state index in [0.29, 0.717) is 11.3 Å². The minimum atomic E-state index is 0.00852. The number of benzene rings is 2. The highest BCUT2D eigenvalue weighted by Gasteiger charge is 2.05. The topological polar surface area (TPSA) is 45.2 Å². The average molecular weight is 290 g/mol. The molecular weight excluding hydrogens is 272 g/mol. The Morgan fingerprint density at radius 3 is 2.55 bits per heavy atom. The van der Waals surface area contributed by atoms with E-state index in [1.165, 1.54) is 0 Å². The maximum Gasteiger partial charge on any atom is 0.190 e. The summed E-state index contributed by atoms with van der Waals surface area (Å²) in [6.45, 7) is 4.15. The number of fused-ring (bicyclic) bond motifs is 1. The predicted octanol–water partition coefficient (Wildman–Crippen LogP) is 4.55. The Balaban J connectivity index is 2.09. The number of H-pyrrole nitrogens is 1. The maximum atomic E-state index is 12.4. The highest BCUT2D eigenvalue weighted by Crippen LogP contribution is 2.21. The van der Waals surface area contributed by atoms with Gasteiger partial charge in [-0.25, -0.2) is 0 Å². The Hall–Kier alpha value is -2.68. The van der Waals surface area contributed by atoms with Gasteiger partial charge in [0, 0.05) is 28.9 Å². The number of nitrogens with one attached hydrogen (secondary N) is 1. The van der Waals surface area contributed by atoms with E-state index >= 15 is 0 Å². The van der Waals surface area contributed by atoms with Crippen molar-refractivity contribution in [1.82, 2.24) is 4.98 Å². The summed E-state index contributed by atoms with van der Waals surface area (Å²) in [6, 6.07) is 17.2. The van der Waals surface area contributed by atoms with Gasteiger partial charge in [-0.15, -0.1) is 0 Å². The van der Waals surface area contributed by atoms with Crippen molar-refractivity contribution in [3.63, 3.8) is 0 Å². The molecule has 0 aliphatic rings. The summed E-state index contributed by atoms with van der Waals surface area (Å²) >= 11 is 0. The van der Waals surface area contributed by atoms with Crippen molar-refractivity contribution in [3.05, 3.63) is 64.8 Å². The fourth-order valence-corrected chi connectivity index (χ4v) is 2.32. The van der Waals surface area contributed by atoms with Gasteiger partial charge in [0.05, 0.1) is 5.69 Å². The molecule has 110 valence electrons. The standard InChI is InChI=1S/C19H18N2O/c1-13(2)12-20-15-8-9-17-16(10-15)19(22)11-18(21-17)14-6-4-3-5-7-14/h3-13H,1-2H3,(H,21,22). The zero-order valence-corrected chi connectivity index (χ0v) is 12.7. The van der Waals surface area contributed by atoms with Crippen LogP contribution in [0.1, 0.15) is 13.8 Å². The summed E-state index contributed by atoms with van der Waals surface area (Å²) in [5.41, 5.74) is 3.48. The maximum absolute atomic E-state index is 12.4. The lowest BCUT2D eigenvalue weighted by Crippen LogP contribution is -2.02. The Morgan fingerprint density at radius 2 is 1.82 bits per heavy atom. The van der Waals surface area contributed by atoms with Gasteiger partial charge in [-0.1, -0.05) is 44.2 Å². The molecule has 1 heterocycles. The molecule has 0 aliphatic heterocycles. The molecule has 3 heteroatoms. The summed E-state index contributed by atoms with van der Waals surface area (Å²) in [4.78, 5) is 20.1. The second-order valence-corrected chi connectivity index (χ2v) is 5.67. The average Bonchev–Trinajstić information content (AvgIpc) is 2.54. The third kappa shape index (κ3) is 2.98. The molecule has 1 N–H and O–H groups in total. The molecule has 0 bridgehead atoms. The first kappa shape index (κ1) is 14.3. The van der Waals surface area contributed by atoms with E-state index in [4.69, 9.17) is 0 Å². The lowest BCUT2D eigenvalue weighted by molar-refractivity contribution is 0.907. The van der Waals surface area contributed by atoms with Gasteiger partial charge in [-0.3, -0.25) is 9.79 Å². The molecule has 0 unspecified atom stereocenters. The molecule has 3 nitrogen and oxygen atoms in total. The van der Waals surface area contributed by atoms with Crippen LogP contribution in [0.15, 0.2) is 64.4 Å². The van der Waals surface area contributed by atoms with Crippen molar-refractivity contribution >= 4 is 22.8 Å². The molecule has 3 rings (SSSR count). The Bertz CT molecular complexity index is 877. The van der Waals surface area contributed by atoms with Crippen molar-refractivity contribution in [2.24, 2.45) is 10.9 Å². The fraction of sp³-hybridized carbons (Fsp3) is 0.158. The third-order valence-corrected chi connectivity index (χ3v) is 3.42. The summed E-state index contributed by atoms with van der Waals surface area (Å²) in [7, 11) is 0. The molecule has 0 aliphatic carbocycles. The van der Waals surface area contributed by atoms with Crippen LogP contribution < -0.4 is 5.43 Å². The molecule has 0 spiro atoms. The lowest BCUT2D eigenvalue weighted by atomic mass is 10.1. The first-order chi connectivity index (χ1) is 10.6. The van der Waals surface area contributed by atoms with E-state index in [2.05, 4.69) is 23.8 Å². The molecule has 0 atom stereocenters. The highest BCUT2D eigenvalue weighted by molar-refractivity contribution is 5.84. The van der Waals surface area contributed by atoms with Gasteiger partial charge in [0.2, 0.25) is 0 Å². The van der Waals surface area contributed by atoms with Gasteiger partial charge in [0.1, 0.15) is 0 Å². The number of aromatic nitrogens is 1. The number of hydrogen-bond acceptors (Lipinski definition) is 2. The number of aromatic amines is 1. The van der Waals surface area contributed by atoms with Gasteiger partial charge in [-0.05, 0) is 29.7 Å². The first-order valence-corrected chi connectivity index (χ1v) is 7.40. The van der Waals surface area contributed by atoms with E-state index in [9.17, 15) is 4.79 Å². The molecule has 0 amide bonds. The number of pyridine rings is 1. The summed E-state index contributed by atoms with van der Waals surface area (Å²) in [5.74, 6) is 0.384. The highest BCUT2D eigenvalue weighted by atomic mass is 16.1. The first-order valence-electron chi connectivity index (χ1n) is 7.40. The number of rotatable bonds is 3. The summed E-state index contributed by atoms with van der Waals surface area (Å²) in [6.07, 6.45) is 1.88. The van der Waals surface area contributed by atoms with Crippen LogP contribution in [0.25, 0.3) is 22.2 Å². The molecule has 1 aromatic heterocycles. The minimum absolute atomic E-state index is 0.00852. The Labute approximate surface area is 129 Å². The SMILES string of the molecule is CC(C)C=Nc1ccc2[nH]c(-c3ccccc3)cc(=O)c2c1. The second-order valence-electron chi connectivity index (χ2n) is 5.67. The van der Waals surface area contributed by atoms with Crippen molar-refractivity contribution in [2.75, 3.05) is 0 Å². The van der Waals surface area contributed by atoms with Crippen LogP contribution in [-0.4, -0.2) is 11.2 Å². The Morgan fingerprint density at radius 1 is 1.05 bits per heavy atom. The van der Waals surface area contributed by atoms with Crippen molar-refractivity contribution in [3.8, 4) is 11.3 Å². The fourth-order valence-electron chi connectivity index (χ4n) is 2.32. The van der Waals surface area contributed by atoms with Crippen LogP contribution in [-0.2, 0) is 0 Å². The second kappa shape index (κ2) is 5.98. The molecule has 0 fully saturated rings. The number of nitrogens with zero attached hydrogens (tertiary/aromatic N) is 1. The largest absolute Gasteiger partial charge is 0.354 e. The zero-order chi connectivity index (χ0) is 15.5. The number of aliphatic imine (C=N–C) groups is 1. The van der Waals surface area contributed by atoms with Crippen molar-refractivity contribution in [1.29, 1.82) is 0 Å². The molecule has 2 aromatic carbocycles. The van der Waals surface area contributed by atoms with E-state index in [-0.39, 0.29) is 5.43 Å². The molecule has 22 heavy (non-hydrogen) atoms. The molecule has 0 saturated carbocycles. The number of hydrogen-bond donors (Lipinski definition) is 1. The van der Waals surface area contributed by atoms with E-state index in [1.54, 1.807) is 6.07 Å². The lowest BCUT2D eigenvalue weighted by Gasteiger charge is -2.05. The molecule has 0 saturated heterocycles. The van der Waals surface area contributed by atoms with Crippen molar-refractivity contribution < 1.29 is 0 Å². The minimum Gasteiger partial charge on any atom is -0.354 e. The molecule has 0 radical (unpaired) electrons. The van der Waals surface area contributed by atoms with Gasteiger partial charge >= 0.3 is 0 Å². The van der Waals surface area contributed by atoms with Crippen LogP contribution in [0.4, 0.5) is 5.69 Å². The van der Waals surface area contributed by atoms with Gasteiger partial charge in [-0.2, -0.15) is 0 Å². The van der Waals surface area contributed by atoms with Crippen LogP contribution in [0.3, 0.4) is 0 Å². The van der Waals surface area contributed by atoms with Crippen LogP contribution in [0, 0.1) is 5.92 Å². The van der Waals surface area contributed by atoms with Crippen LogP contribution in [0.2, 0.25) is 0 Å². The van der Waals surface area contributed by atoms with E-state index < -0.39 is 0 Å². The van der Waals surface area contributed by atoms with E-state index in [0.717, 1.165) is 22.5 Å². The summed E-state index contributed by atoms with van der Waals surface area (Å²) < 4.78 is 0. The monoisotopic (exact) mass is 290 g/mol. The van der Waals surface area contributed by atoms with Crippen LogP contribution >= 0.6 is 0 Å². The van der Waals surface area contributed by atoms with Gasteiger partial charge < -0.3 is 4.98 Å². The smallest absolute Gasteiger partial charge is 0.190 e. The van der Waals surface area contributed by atoms with Crippen LogP contribution in [0.5, 0.6) is 0 Å². The third-order valence-electron chi connectivity index (χ3n) is 3.42. The Kier molecular flexibility index (Phi) is 3.88. The zero-order valence-electron chi connectivity index (χ0n) is 12.7. The molecule has 3 aromatic rings. The van der Waals surface area contributed by atoms with E-state index in [1.807, 2.05) is 54.7 Å². The van der Waals surface area contributed by atoms with Gasteiger partial charge in [0.25, 0.3) is 0 Å². The normalized spacial score (nSPS) is 11.6. The van der Waals surface area contributed by atoms with Gasteiger partial charge in [0.15, 0.2) is 5.43 Å². The summed E-state index contributed by atoms with van der Waals surface area (Å²) in [5, 5.41) is 0.665. The molecular formula is C19H18N2O.